The van der Waals surface area contributed by atoms with E-state index in [1.165, 1.54) is 60.5 Å². The molecule has 0 spiro atoms. The number of nitrogens with one attached hydrogen (secondary N) is 1. The third-order valence-electron chi connectivity index (χ3n) is 3.43. The van der Waals surface area contributed by atoms with Crippen molar-refractivity contribution in [2.45, 2.75) is 51.5 Å². The summed E-state index contributed by atoms with van der Waals surface area (Å²) in [6, 6.07) is 0.327. The Bertz CT molecular complexity index is 384. The predicted molar refractivity (Wildman–Crippen MR) is 72.2 cm³/mol. The summed E-state index contributed by atoms with van der Waals surface area (Å²) in [7, 11) is 2.03. The van der Waals surface area contributed by atoms with Crippen molar-refractivity contribution in [1.29, 1.82) is 0 Å². The van der Waals surface area contributed by atoms with Gasteiger partial charge in [-0.1, -0.05) is 29.0 Å². The molecule has 1 atom stereocenters. The van der Waals surface area contributed by atoms with Gasteiger partial charge in [0.15, 0.2) is 0 Å². The molecule has 0 saturated carbocycles. The first-order valence-electron chi connectivity index (χ1n) is 6.48. The van der Waals surface area contributed by atoms with E-state index >= 15 is 0 Å². The first-order valence-corrected chi connectivity index (χ1v) is 7.25. The molecule has 1 aromatic rings. The lowest BCUT2D eigenvalue weighted by Crippen LogP contribution is -2.19. The molecule has 0 bridgehead atoms. The highest BCUT2D eigenvalue weighted by atomic mass is 32.1. The van der Waals surface area contributed by atoms with Gasteiger partial charge in [0, 0.05) is 0 Å². The number of aryl methyl sites for hydroxylation is 1. The monoisotopic (exact) mass is 251 g/mol. The highest BCUT2D eigenvalue weighted by Crippen LogP contribution is 2.31. The van der Waals surface area contributed by atoms with Crippen LogP contribution in [-0.4, -0.2) is 16.6 Å². The molecule has 94 valence electrons. The summed E-state index contributed by atoms with van der Waals surface area (Å²) in [5.74, 6) is 0. The summed E-state index contributed by atoms with van der Waals surface area (Å²) >= 11 is 1.52. The fraction of sp³-hybridized carbons (Fsp3) is 0.692. The van der Waals surface area contributed by atoms with E-state index in [0.717, 1.165) is 5.69 Å². The van der Waals surface area contributed by atoms with Crippen molar-refractivity contribution in [3.63, 3.8) is 0 Å². The number of hydrogen-bond acceptors (Lipinski definition) is 4. The molecule has 0 fully saturated rings. The molecule has 1 unspecified atom stereocenters. The van der Waals surface area contributed by atoms with Crippen LogP contribution in [0.2, 0.25) is 0 Å². The molecule has 3 nitrogen and oxygen atoms in total. The van der Waals surface area contributed by atoms with E-state index in [-0.39, 0.29) is 0 Å². The first kappa shape index (κ1) is 12.7. The van der Waals surface area contributed by atoms with Crippen LogP contribution in [0, 0.1) is 6.92 Å². The molecular weight excluding hydrogens is 230 g/mol. The van der Waals surface area contributed by atoms with Crippen LogP contribution in [0.4, 0.5) is 0 Å². The van der Waals surface area contributed by atoms with Crippen molar-refractivity contribution in [2.24, 2.45) is 0 Å². The number of rotatable bonds is 3. The van der Waals surface area contributed by atoms with Gasteiger partial charge in [-0.25, -0.2) is 0 Å². The quantitative estimate of drug-likeness (QED) is 0.837. The molecular formula is C13H21N3S. The Morgan fingerprint density at radius 2 is 2.12 bits per heavy atom. The molecule has 17 heavy (non-hydrogen) atoms. The summed E-state index contributed by atoms with van der Waals surface area (Å²) in [4.78, 5) is 1.28. The second-order valence-electron chi connectivity index (χ2n) is 4.68. The Kier molecular flexibility index (Phi) is 4.68. The van der Waals surface area contributed by atoms with Crippen molar-refractivity contribution >= 4 is 11.5 Å². The Labute approximate surface area is 107 Å². The van der Waals surface area contributed by atoms with Crippen LogP contribution >= 0.6 is 11.5 Å². The summed E-state index contributed by atoms with van der Waals surface area (Å²) in [6.07, 6.45) is 10.3. The topological polar surface area (TPSA) is 37.8 Å². The lowest BCUT2D eigenvalue weighted by molar-refractivity contribution is 0.576. The lowest BCUT2D eigenvalue weighted by atomic mass is 9.94. The van der Waals surface area contributed by atoms with Gasteiger partial charge in [0.25, 0.3) is 0 Å². The normalized spacial score (nSPS) is 19.3. The summed E-state index contributed by atoms with van der Waals surface area (Å²) in [5, 5.41) is 7.55. The van der Waals surface area contributed by atoms with Gasteiger partial charge >= 0.3 is 0 Å². The van der Waals surface area contributed by atoms with Gasteiger partial charge in [-0.05, 0) is 51.2 Å². The third-order valence-corrected chi connectivity index (χ3v) is 4.33. The van der Waals surface area contributed by atoms with Gasteiger partial charge in [-0.2, -0.15) is 0 Å². The fourth-order valence-corrected chi connectivity index (χ4v) is 3.26. The molecule has 0 aliphatic heterocycles. The van der Waals surface area contributed by atoms with Crippen LogP contribution in [0.15, 0.2) is 11.6 Å². The van der Waals surface area contributed by atoms with Crippen LogP contribution < -0.4 is 5.32 Å². The second kappa shape index (κ2) is 6.26. The molecule has 1 N–H and O–H groups in total. The van der Waals surface area contributed by atoms with Gasteiger partial charge < -0.3 is 5.32 Å². The van der Waals surface area contributed by atoms with Crippen LogP contribution in [0.5, 0.6) is 0 Å². The highest BCUT2D eigenvalue weighted by Gasteiger charge is 2.19. The van der Waals surface area contributed by atoms with Crippen LogP contribution in [0.25, 0.3) is 0 Å². The molecule has 0 saturated heterocycles. The van der Waals surface area contributed by atoms with Crippen LogP contribution in [0.1, 0.15) is 55.1 Å². The standard InChI is InChI=1S/C13H21N3S/c1-10-13(17-16-15-10)12(14-2)11-8-6-4-3-5-7-9-11/h8,12,14H,3-7,9H2,1-2H3. The van der Waals surface area contributed by atoms with Gasteiger partial charge in [0.05, 0.1) is 16.6 Å². The van der Waals surface area contributed by atoms with Gasteiger partial charge in [-0.15, -0.1) is 5.10 Å². The van der Waals surface area contributed by atoms with E-state index in [0.29, 0.717) is 6.04 Å². The van der Waals surface area contributed by atoms with Crippen molar-refractivity contribution in [1.82, 2.24) is 14.9 Å². The van der Waals surface area contributed by atoms with Crippen molar-refractivity contribution < 1.29 is 0 Å². The Morgan fingerprint density at radius 1 is 1.29 bits per heavy atom. The summed E-state index contributed by atoms with van der Waals surface area (Å²) in [6.45, 7) is 2.05. The smallest absolute Gasteiger partial charge is 0.0776 e. The second-order valence-corrected chi connectivity index (χ2v) is 5.46. The number of hydrogen-bond donors (Lipinski definition) is 1. The number of likely N-dealkylation sites (N-methyl/N-ethyl adjacent to an activating group) is 1. The minimum Gasteiger partial charge on any atom is -0.309 e. The van der Waals surface area contributed by atoms with E-state index in [1.807, 2.05) is 14.0 Å². The minimum atomic E-state index is 0.327. The summed E-state index contributed by atoms with van der Waals surface area (Å²) < 4.78 is 4.05. The molecule has 0 amide bonds. The van der Waals surface area contributed by atoms with Crippen molar-refractivity contribution in [2.75, 3.05) is 7.05 Å². The van der Waals surface area contributed by atoms with Gasteiger partial charge in [0.2, 0.25) is 0 Å². The maximum absolute atomic E-state index is 4.12. The predicted octanol–water partition coefficient (Wildman–Crippen LogP) is 3.39. The molecule has 1 aliphatic carbocycles. The Hall–Kier alpha value is -0.740. The number of aromatic nitrogens is 2. The van der Waals surface area contributed by atoms with Crippen LogP contribution in [0.3, 0.4) is 0 Å². The van der Waals surface area contributed by atoms with Crippen molar-refractivity contribution in [3.8, 4) is 0 Å². The maximum Gasteiger partial charge on any atom is 0.0776 e. The van der Waals surface area contributed by atoms with Crippen molar-refractivity contribution in [3.05, 3.63) is 22.2 Å². The van der Waals surface area contributed by atoms with E-state index in [2.05, 4.69) is 21.0 Å². The first-order chi connectivity index (χ1) is 8.33. The van der Waals surface area contributed by atoms with E-state index in [9.17, 15) is 0 Å². The van der Waals surface area contributed by atoms with E-state index in [4.69, 9.17) is 0 Å². The molecule has 4 heteroatoms. The molecule has 1 heterocycles. The van der Waals surface area contributed by atoms with Crippen LogP contribution in [-0.2, 0) is 0 Å². The highest BCUT2D eigenvalue weighted by molar-refractivity contribution is 7.05. The molecule has 0 radical (unpaired) electrons. The van der Waals surface area contributed by atoms with E-state index in [1.54, 1.807) is 0 Å². The SMILES string of the molecule is CNC(C1=CCCCCCC1)c1snnc1C. The number of allylic oxidation sites excluding steroid dienone is 1. The Morgan fingerprint density at radius 3 is 2.82 bits per heavy atom. The largest absolute Gasteiger partial charge is 0.309 e. The maximum atomic E-state index is 4.12. The fourth-order valence-electron chi connectivity index (χ4n) is 2.47. The zero-order chi connectivity index (χ0) is 12.1. The molecule has 1 aliphatic rings. The van der Waals surface area contributed by atoms with Gasteiger partial charge in [0.1, 0.15) is 0 Å². The zero-order valence-corrected chi connectivity index (χ0v) is 11.5. The summed E-state index contributed by atoms with van der Waals surface area (Å²) in [5.41, 5.74) is 2.60. The zero-order valence-electron chi connectivity index (χ0n) is 10.7. The van der Waals surface area contributed by atoms with Gasteiger partial charge in [-0.3, -0.25) is 0 Å². The minimum absolute atomic E-state index is 0.327. The average molecular weight is 251 g/mol. The average Bonchev–Trinajstić information content (AvgIpc) is 2.69. The lowest BCUT2D eigenvalue weighted by Gasteiger charge is -2.20. The van der Waals surface area contributed by atoms with E-state index < -0.39 is 0 Å². The molecule has 2 rings (SSSR count). The Balaban J connectivity index is 2.19. The molecule has 1 aromatic heterocycles. The third kappa shape index (κ3) is 3.13. The molecule has 0 aromatic carbocycles. The number of nitrogens with zero attached hydrogens (tertiary/aromatic N) is 2.